The summed E-state index contributed by atoms with van der Waals surface area (Å²) in [6.45, 7) is 5.39. The molecule has 0 aromatic carbocycles. The van der Waals surface area contributed by atoms with Crippen LogP contribution in [0.2, 0.25) is 0 Å². The zero-order valence-electron chi connectivity index (χ0n) is 11.7. The lowest BCUT2D eigenvalue weighted by atomic mass is 9.94. The molecule has 2 aliphatic heterocycles. The van der Waals surface area contributed by atoms with Crippen molar-refractivity contribution >= 4 is 11.9 Å². The number of hydrogen-bond acceptors (Lipinski definition) is 3. The number of likely N-dealkylation sites (tertiary alicyclic amines) is 2. The summed E-state index contributed by atoms with van der Waals surface area (Å²) < 4.78 is 0. The molecule has 1 N–H and O–H groups in total. The molecule has 19 heavy (non-hydrogen) atoms. The highest BCUT2D eigenvalue weighted by molar-refractivity contribution is 5.81. The van der Waals surface area contributed by atoms with Crippen molar-refractivity contribution in [3.63, 3.8) is 0 Å². The maximum Gasteiger partial charge on any atom is 0.303 e. The molecule has 0 aromatic heterocycles. The average molecular weight is 268 g/mol. The molecule has 2 heterocycles. The summed E-state index contributed by atoms with van der Waals surface area (Å²) in [5, 5.41) is 8.88. The summed E-state index contributed by atoms with van der Waals surface area (Å²) in [5.74, 6) is -0.320. The molecule has 2 rings (SSSR count). The van der Waals surface area contributed by atoms with E-state index in [1.807, 2.05) is 11.8 Å². The van der Waals surface area contributed by atoms with E-state index in [0.29, 0.717) is 0 Å². The molecule has 5 nitrogen and oxygen atoms in total. The molecular weight excluding hydrogens is 244 g/mol. The number of carbonyl (C=O) groups excluding carboxylic acids is 1. The van der Waals surface area contributed by atoms with Gasteiger partial charge in [-0.2, -0.15) is 0 Å². The second kappa shape index (κ2) is 6.37. The van der Waals surface area contributed by atoms with Gasteiger partial charge < -0.3 is 10.0 Å². The van der Waals surface area contributed by atoms with Gasteiger partial charge >= 0.3 is 5.97 Å². The number of amides is 1. The molecule has 2 atom stereocenters. The molecule has 0 aromatic rings. The predicted octanol–water partition coefficient (Wildman–Crippen LogP) is 1.18. The maximum atomic E-state index is 12.3. The van der Waals surface area contributed by atoms with E-state index in [1.54, 1.807) is 0 Å². The highest BCUT2D eigenvalue weighted by Crippen LogP contribution is 2.22. The number of carboxylic acid groups (broad SMARTS) is 1. The van der Waals surface area contributed by atoms with Crippen LogP contribution in [-0.4, -0.2) is 59.0 Å². The number of carboxylic acids is 1. The minimum Gasteiger partial charge on any atom is -0.481 e. The number of aliphatic carboxylic acids is 1. The number of carbonyl (C=O) groups is 2. The van der Waals surface area contributed by atoms with Crippen molar-refractivity contribution in [1.29, 1.82) is 0 Å². The fraction of sp³-hybridized carbons (Fsp3) is 0.857. The molecule has 0 saturated carbocycles. The Labute approximate surface area is 114 Å². The third-order valence-electron chi connectivity index (χ3n) is 4.34. The van der Waals surface area contributed by atoms with E-state index in [1.165, 1.54) is 0 Å². The van der Waals surface area contributed by atoms with Crippen LogP contribution in [0.25, 0.3) is 0 Å². The van der Waals surface area contributed by atoms with E-state index in [2.05, 4.69) is 4.90 Å². The van der Waals surface area contributed by atoms with Crippen LogP contribution in [0.4, 0.5) is 0 Å². The van der Waals surface area contributed by atoms with Gasteiger partial charge in [0.2, 0.25) is 5.91 Å². The van der Waals surface area contributed by atoms with Crippen molar-refractivity contribution in [3.05, 3.63) is 0 Å². The zero-order chi connectivity index (χ0) is 13.8. The number of hydrogen-bond donors (Lipinski definition) is 1. The molecule has 2 saturated heterocycles. The lowest BCUT2D eigenvalue weighted by molar-refractivity contribution is -0.139. The fourth-order valence-corrected chi connectivity index (χ4v) is 3.22. The highest BCUT2D eigenvalue weighted by Gasteiger charge is 2.31. The first-order chi connectivity index (χ1) is 9.08. The van der Waals surface area contributed by atoms with Gasteiger partial charge in [0.25, 0.3) is 0 Å². The Morgan fingerprint density at radius 1 is 1.21 bits per heavy atom. The second-order valence-electron chi connectivity index (χ2n) is 5.81. The van der Waals surface area contributed by atoms with Crippen molar-refractivity contribution in [3.8, 4) is 0 Å². The van der Waals surface area contributed by atoms with E-state index in [4.69, 9.17) is 5.11 Å². The summed E-state index contributed by atoms with van der Waals surface area (Å²) in [7, 11) is 0. The fourth-order valence-electron chi connectivity index (χ4n) is 3.22. The molecule has 0 bridgehead atoms. The number of rotatable bonds is 4. The molecular formula is C14H24N2O3. The van der Waals surface area contributed by atoms with Gasteiger partial charge in [-0.15, -0.1) is 0 Å². The summed E-state index contributed by atoms with van der Waals surface area (Å²) in [6, 6.07) is -0.102. The van der Waals surface area contributed by atoms with Crippen LogP contribution in [0, 0.1) is 5.92 Å². The monoisotopic (exact) mass is 268 g/mol. The lowest BCUT2D eigenvalue weighted by Gasteiger charge is -2.37. The molecule has 5 heteroatoms. The van der Waals surface area contributed by atoms with Gasteiger partial charge in [0.1, 0.15) is 0 Å². The molecule has 2 unspecified atom stereocenters. The topological polar surface area (TPSA) is 60.9 Å². The summed E-state index contributed by atoms with van der Waals surface area (Å²) in [5.41, 5.74) is 0. The van der Waals surface area contributed by atoms with Crippen LogP contribution >= 0.6 is 0 Å². The van der Waals surface area contributed by atoms with Gasteiger partial charge in [-0.1, -0.05) is 0 Å². The standard InChI is InChI=1S/C14H24N2O3/c1-11(14(19)15-6-2-3-7-15)16-8-4-5-12(10-16)9-13(17)18/h11-12H,2-10H2,1H3,(H,17,18). The van der Waals surface area contributed by atoms with Crippen LogP contribution in [0.5, 0.6) is 0 Å². The van der Waals surface area contributed by atoms with Gasteiger partial charge in [0, 0.05) is 26.1 Å². The smallest absolute Gasteiger partial charge is 0.303 e. The average Bonchev–Trinajstić information content (AvgIpc) is 2.90. The van der Waals surface area contributed by atoms with E-state index in [9.17, 15) is 9.59 Å². The minimum absolute atomic E-state index is 0.102. The van der Waals surface area contributed by atoms with Crippen LogP contribution in [0.1, 0.15) is 39.0 Å². The maximum absolute atomic E-state index is 12.3. The molecule has 108 valence electrons. The second-order valence-corrected chi connectivity index (χ2v) is 5.81. The molecule has 2 aliphatic rings. The van der Waals surface area contributed by atoms with E-state index in [-0.39, 0.29) is 24.3 Å². The first-order valence-corrected chi connectivity index (χ1v) is 7.32. The van der Waals surface area contributed by atoms with Gasteiger partial charge in [0.05, 0.1) is 6.04 Å². The highest BCUT2D eigenvalue weighted by atomic mass is 16.4. The van der Waals surface area contributed by atoms with Crippen LogP contribution in [0.15, 0.2) is 0 Å². The molecule has 0 radical (unpaired) electrons. The van der Waals surface area contributed by atoms with Crippen molar-refractivity contribution in [2.75, 3.05) is 26.2 Å². The summed E-state index contributed by atoms with van der Waals surface area (Å²) >= 11 is 0. The van der Waals surface area contributed by atoms with Gasteiger partial charge in [0.15, 0.2) is 0 Å². The van der Waals surface area contributed by atoms with Gasteiger partial charge in [-0.25, -0.2) is 0 Å². The Balaban J connectivity index is 1.88. The van der Waals surface area contributed by atoms with Crippen LogP contribution < -0.4 is 0 Å². The Bertz CT molecular complexity index is 340. The van der Waals surface area contributed by atoms with E-state index in [0.717, 1.165) is 51.9 Å². The zero-order valence-corrected chi connectivity index (χ0v) is 11.7. The van der Waals surface area contributed by atoms with Crippen LogP contribution in [-0.2, 0) is 9.59 Å². The predicted molar refractivity (Wildman–Crippen MR) is 71.8 cm³/mol. The van der Waals surface area contributed by atoms with Crippen molar-refractivity contribution in [2.45, 2.75) is 45.1 Å². The third-order valence-corrected chi connectivity index (χ3v) is 4.34. The van der Waals surface area contributed by atoms with Crippen molar-refractivity contribution < 1.29 is 14.7 Å². The minimum atomic E-state index is -0.731. The summed E-state index contributed by atoms with van der Waals surface area (Å²) in [4.78, 5) is 27.2. The first kappa shape index (κ1) is 14.3. The largest absolute Gasteiger partial charge is 0.481 e. The Morgan fingerprint density at radius 3 is 2.53 bits per heavy atom. The van der Waals surface area contributed by atoms with E-state index >= 15 is 0 Å². The Kier molecular flexibility index (Phi) is 4.80. The Hall–Kier alpha value is -1.10. The van der Waals surface area contributed by atoms with Gasteiger partial charge in [-0.3, -0.25) is 14.5 Å². The molecule has 2 fully saturated rings. The molecule has 0 spiro atoms. The molecule has 1 amide bonds. The van der Waals surface area contributed by atoms with E-state index < -0.39 is 5.97 Å². The normalized spacial score (nSPS) is 26.4. The SMILES string of the molecule is CC(C(=O)N1CCCC1)N1CCCC(CC(=O)O)C1. The summed E-state index contributed by atoms with van der Waals surface area (Å²) in [6.07, 6.45) is 4.41. The molecule has 0 aliphatic carbocycles. The lowest BCUT2D eigenvalue weighted by Crippen LogP contribution is -2.50. The number of nitrogens with zero attached hydrogens (tertiary/aromatic N) is 2. The van der Waals surface area contributed by atoms with Crippen molar-refractivity contribution in [1.82, 2.24) is 9.80 Å². The quantitative estimate of drug-likeness (QED) is 0.832. The van der Waals surface area contributed by atoms with Crippen molar-refractivity contribution in [2.24, 2.45) is 5.92 Å². The van der Waals surface area contributed by atoms with Gasteiger partial charge in [-0.05, 0) is 45.1 Å². The third kappa shape index (κ3) is 3.69. The Morgan fingerprint density at radius 2 is 1.89 bits per heavy atom. The number of piperidine rings is 1. The van der Waals surface area contributed by atoms with Crippen LogP contribution in [0.3, 0.4) is 0 Å². The first-order valence-electron chi connectivity index (χ1n) is 7.32.